The Labute approximate surface area is 111 Å². The van der Waals surface area contributed by atoms with Crippen molar-refractivity contribution in [3.8, 4) is 11.5 Å². The van der Waals surface area contributed by atoms with E-state index < -0.39 is 0 Å². The first kappa shape index (κ1) is 11.7. The van der Waals surface area contributed by atoms with Crippen LogP contribution in [0.15, 0.2) is 12.5 Å². The molecule has 0 radical (unpaired) electrons. The molecular formula is C13H15ClN4. The van der Waals surface area contributed by atoms with Gasteiger partial charge >= 0.3 is 0 Å². The van der Waals surface area contributed by atoms with Gasteiger partial charge in [0.05, 0.1) is 12.5 Å². The lowest BCUT2D eigenvalue weighted by atomic mass is 10.2. The smallest absolute Gasteiger partial charge is 0.179 e. The Kier molecular flexibility index (Phi) is 2.82. The van der Waals surface area contributed by atoms with Crippen LogP contribution >= 0.6 is 11.6 Å². The van der Waals surface area contributed by atoms with Gasteiger partial charge in [-0.2, -0.15) is 0 Å². The molecule has 5 heteroatoms. The average molecular weight is 263 g/mol. The van der Waals surface area contributed by atoms with Crippen molar-refractivity contribution in [1.82, 2.24) is 19.5 Å². The molecule has 0 aliphatic heterocycles. The molecule has 0 N–H and O–H groups in total. The quantitative estimate of drug-likeness (QED) is 0.798. The van der Waals surface area contributed by atoms with E-state index in [2.05, 4.69) is 26.4 Å². The molecule has 0 atom stereocenters. The summed E-state index contributed by atoms with van der Waals surface area (Å²) in [5, 5.41) is 0.542. The summed E-state index contributed by atoms with van der Waals surface area (Å²) in [5.74, 6) is 0.687. The SMILES string of the molecule is CCc1nc(-c2cncn2C2CC2)nc(Cl)c1C. The molecule has 0 saturated heterocycles. The normalized spacial score (nSPS) is 15.1. The first-order valence-electron chi connectivity index (χ1n) is 6.26. The maximum atomic E-state index is 6.18. The summed E-state index contributed by atoms with van der Waals surface area (Å²) in [7, 11) is 0. The van der Waals surface area contributed by atoms with Gasteiger partial charge in [0, 0.05) is 17.3 Å². The fraction of sp³-hybridized carbons (Fsp3) is 0.462. The van der Waals surface area contributed by atoms with E-state index in [9.17, 15) is 0 Å². The molecule has 1 saturated carbocycles. The van der Waals surface area contributed by atoms with Gasteiger partial charge in [-0.3, -0.25) is 0 Å². The van der Waals surface area contributed by atoms with Crippen molar-refractivity contribution in [3.63, 3.8) is 0 Å². The van der Waals surface area contributed by atoms with Crippen LogP contribution in [0.3, 0.4) is 0 Å². The number of aromatic nitrogens is 4. The highest BCUT2D eigenvalue weighted by molar-refractivity contribution is 6.30. The third-order valence-corrected chi connectivity index (χ3v) is 3.73. The molecule has 0 aromatic carbocycles. The van der Waals surface area contributed by atoms with Crippen LogP contribution in [0.4, 0.5) is 0 Å². The summed E-state index contributed by atoms with van der Waals surface area (Å²) in [6.45, 7) is 4.04. The third kappa shape index (κ3) is 1.90. The number of rotatable bonds is 3. The minimum absolute atomic E-state index is 0.542. The Balaban J connectivity index is 2.10. The molecule has 3 rings (SSSR count). The summed E-state index contributed by atoms with van der Waals surface area (Å²) in [5.41, 5.74) is 2.95. The number of halogens is 1. The van der Waals surface area contributed by atoms with E-state index in [-0.39, 0.29) is 0 Å². The maximum absolute atomic E-state index is 6.18. The van der Waals surface area contributed by atoms with Gasteiger partial charge in [0.1, 0.15) is 10.8 Å². The van der Waals surface area contributed by atoms with E-state index in [4.69, 9.17) is 11.6 Å². The molecule has 1 aliphatic carbocycles. The van der Waals surface area contributed by atoms with Crippen LogP contribution in [-0.4, -0.2) is 19.5 Å². The van der Waals surface area contributed by atoms with Crippen molar-refractivity contribution >= 4 is 11.6 Å². The Morgan fingerprint density at radius 3 is 2.83 bits per heavy atom. The molecule has 0 amide bonds. The van der Waals surface area contributed by atoms with Crippen LogP contribution in [0.25, 0.3) is 11.5 Å². The lowest BCUT2D eigenvalue weighted by molar-refractivity contribution is 0.742. The van der Waals surface area contributed by atoms with Crippen molar-refractivity contribution in [2.45, 2.75) is 39.2 Å². The van der Waals surface area contributed by atoms with Crippen LogP contribution in [0, 0.1) is 6.92 Å². The highest BCUT2D eigenvalue weighted by Crippen LogP contribution is 2.37. The van der Waals surface area contributed by atoms with Gasteiger partial charge in [-0.15, -0.1) is 0 Å². The number of nitrogens with zero attached hydrogens (tertiary/aromatic N) is 4. The molecule has 0 bridgehead atoms. The van der Waals surface area contributed by atoms with Crippen LogP contribution in [0.5, 0.6) is 0 Å². The molecule has 18 heavy (non-hydrogen) atoms. The van der Waals surface area contributed by atoms with Gasteiger partial charge in [-0.1, -0.05) is 18.5 Å². The first-order valence-corrected chi connectivity index (χ1v) is 6.63. The van der Waals surface area contributed by atoms with Crippen molar-refractivity contribution in [3.05, 3.63) is 28.9 Å². The predicted octanol–water partition coefficient (Wildman–Crippen LogP) is 3.20. The molecule has 94 valence electrons. The summed E-state index contributed by atoms with van der Waals surface area (Å²) < 4.78 is 2.15. The van der Waals surface area contributed by atoms with Gasteiger partial charge < -0.3 is 4.57 Å². The van der Waals surface area contributed by atoms with Gasteiger partial charge in [0.25, 0.3) is 0 Å². The third-order valence-electron chi connectivity index (χ3n) is 3.36. The number of hydrogen-bond acceptors (Lipinski definition) is 3. The molecule has 4 nitrogen and oxygen atoms in total. The second-order valence-electron chi connectivity index (χ2n) is 4.68. The van der Waals surface area contributed by atoms with Crippen LogP contribution in [0.1, 0.15) is 37.1 Å². The molecule has 0 spiro atoms. The summed E-state index contributed by atoms with van der Waals surface area (Å²) >= 11 is 6.18. The summed E-state index contributed by atoms with van der Waals surface area (Å²) in [4.78, 5) is 13.2. The molecular weight excluding hydrogens is 248 g/mol. The Morgan fingerprint density at radius 2 is 2.17 bits per heavy atom. The second kappa shape index (κ2) is 4.35. The molecule has 2 aromatic rings. The van der Waals surface area contributed by atoms with Gasteiger partial charge in [-0.25, -0.2) is 15.0 Å². The number of hydrogen-bond donors (Lipinski definition) is 0. The van der Waals surface area contributed by atoms with Crippen molar-refractivity contribution in [2.75, 3.05) is 0 Å². The fourth-order valence-electron chi connectivity index (χ4n) is 2.11. The zero-order valence-corrected chi connectivity index (χ0v) is 11.3. The fourth-order valence-corrected chi connectivity index (χ4v) is 2.30. The summed E-state index contributed by atoms with van der Waals surface area (Å²) in [6, 6.07) is 0.566. The van der Waals surface area contributed by atoms with Crippen molar-refractivity contribution in [1.29, 1.82) is 0 Å². The van der Waals surface area contributed by atoms with Gasteiger partial charge in [0.2, 0.25) is 0 Å². The monoisotopic (exact) mass is 262 g/mol. The van der Waals surface area contributed by atoms with Crippen molar-refractivity contribution < 1.29 is 0 Å². The second-order valence-corrected chi connectivity index (χ2v) is 5.04. The minimum atomic E-state index is 0.542. The van der Waals surface area contributed by atoms with E-state index in [0.29, 0.717) is 17.0 Å². The molecule has 2 aromatic heterocycles. The van der Waals surface area contributed by atoms with E-state index in [0.717, 1.165) is 23.4 Å². The topological polar surface area (TPSA) is 43.6 Å². The number of aryl methyl sites for hydroxylation is 1. The molecule has 1 fully saturated rings. The number of imidazole rings is 1. The van der Waals surface area contributed by atoms with E-state index in [1.54, 1.807) is 0 Å². The molecule has 2 heterocycles. The van der Waals surface area contributed by atoms with Crippen LogP contribution < -0.4 is 0 Å². The Morgan fingerprint density at radius 1 is 1.39 bits per heavy atom. The van der Waals surface area contributed by atoms with E-state index >= 15 is 0 Å². The largest absolute Gasteiger partial charge is 0.325 e. The maximum Gasteiger partial charge on any atom is 0.179 e. The summed E-state index contributed by atoms with van der Waals surface area (Å²) in [6.07, 6.45) is 6.96. The Hall–Kier alpha value is -1.42. The van der Waals surface area contributed by atoms with Gasteiger partial charge in [0.15, 0.2) is 5.82 Å². The first-order chi connectivity index (χ1) is 8.70. The zero-order chi connectivity index (χ0) is 12.7. The highest BCUT2D eigenvalue weighted by Gasteiger charge is 2.26. The van der Waals surface area contributed by atoms with Crippen LogP contribution in [0.2, 0.25) is 5.15 Å². The lowest BCUT2D eigenvalue weighted by Gasteiger charge is -2.09. The predicted molar refractivity (Wildman–Crippen MR) is 70.6 cm³/mol. The molecule has 0 unspecified atom stereocenters. The van der Waals surface area contributed by atoms with E-state index in [1.165, 1.54) is 12.8 Å². The van der Waals surface area contributed by atoms with E-state index in [1.807, 2.05) is 19.4 Å². The average Bonchev–Trinajstić information content (AvgIpc) is 3.10. The van der Waals surface area contributed by atoms with Crippen molar-refractivity contribution in [2.24, 2.45) is 0 Å². The van der Waals surface area contributed by atoms with Crippen LogP contribution in [-0.2, 0) is 6.42 Å². The zero-order valence-electron chi connectivity index (χ0n) is 10.5. The highest BCUT2D eigenvalue weighted by atomic mass is 35.5. The minimum Gasteiger partial charge on any atom is -0.325 e. The standard InChI is InChI=1S/C13H15ClN4/c1-3-10-8(2)12(14)17-13(16-10)11-6-15-7-18(11)9-4-5-9/h6-7,9H,3-5H2,1-2H3. The van der Waals surface area contributed by atoms with Gasteiger partial charge in [-0.05, 0) is 26.2 Å². The lowest BCUT2D eigenvalue weighted by Crippen LogP contribution is -2.03. The Bertz CT molecular complexity index is 587. The molecule has 1 aliphatic rings.